The van der Waals surface area contributed by atoms with E-state index in [0.29, 0.717) is 52.9 Å². The molecule has 0 bridgehead atoms. The first-order valence-corrected chi connectivity index (χ1v) is 14.6. The molecule has 2 aromatic carbocycles. The molecule has 0 saturated heterocycles. The number of aliphatic imine (C=N–C) groups is 1. The number of para-hydroxylation sites is 2. The van der Waals surface area contributed by atoms with Crippen molar-refractivity contribution in [3.8, 4) is 23.0 Å². The first-order chi connectivity index (χ1) is 19.0. The summed E-state index contributed by atoms with van der Waals surface area (Å²) in [6.07, 6.45) is 7.47. The van der Waals surface area contributed by atoms with Crippen molar-refractivity contribution in [1.29, 1.82) is 5.41 Å². The van der Waals surface area contributed by atoms with Crippen LogP contribution >= 0.6 is 34.4 Å². The zero-order valence-electron chi connectivity index (χ0n) is 21.7. The molecule has 1 aliphatic carbocycles. The van der Waals surface area contributed by atoms with Gasteiger partial charge in [-0.3, -0.25) is 10.2 Å². The fourth-order valence-electron chi connectivity index (χ4n) is 4.68. The zero-order valence-corrected chi connectivity index (χ0v) is 24.7. The van der Waals surface area contributed by atoms with Gasteiger partial charge in [0.15, 0.2) is 28.8 Å². The highest BCUT2D eigenvalue weighted by Gasteiger charge is 2.38. The smallest absolute Gasteiger partial charge is 0.283 e. The number of nitrogens with zero attached hydrogens (tertiary/aromatic N) is 3. The quantitative estimate of drug-likeness (QED) is 0.201. The van der Waals surface area contributed by atoms with Crippen molar-refractivity contribution in [2.24, 2.45) is 16.0 Å². The van der Waals surface area contributed by atoms with Gasteiger partial charge in [-0.25, -0.2) is 0 Å². The highest BCUT2D eigenvalue weighted by Crippen LogP contribution is 2.38. The van der Waals surface area contributed by atoms with Gasteiger partial charge in [0, 0.05) is 5.92 Å². The van der Waals surface area contributed by atoms with E-state index in [1.807, 2.05) is 30.3 Å². The van der Waals surface area contributed by atoms with Crippen molar-refractivity contribution in [2.45, 2.75) is 32.1 Å². The minimum Gasteiger partial charge on any atom is -0.493 e. The van der Waals surface area contributed by atoms with Gasteiger partial charge in [-0.05, 0) is 83.1 Å². The molecule has 0 unspecified atom stereocenters. The van der Waals surface area contributed by atoms with Crippen molar-refractivity contribution in [1.82, 2.24) is 5.01 Å². The standard InChI is InChI=1S/C28H29IN4O5S/c1-35-21-10-6-7-11-22(21)37-12-13-38-24-20(29)15-17(16-23(24)36-2)14-19-25(30)33-28(31-26(19)34)39-27(32-33)18-8-4-3-5-9-18/h6-7,10-11,14-16,18,30H,3-5,8-9,12-13H2,1-2H3/b19-14-,30-25?. The van der Waals surface area contributed by atoms with Crippen molar-refractivity contribution in [2.75, 3.05) is 27.4 Å². The van der Waals surface area contributed by atoms with Crippen molar-refractivity contribution >= 4 is 62.4 Å². The second-order valence-electron chi connectivity index (χ2n) is 9.18. The van der Waals surface area contributed by atoms with Crippen molar-refractivity contribution < 1.29 is 23.7 Å². The van der Waals surface area contributed by atoms with Gasteiger partial charge in [0.2, 0.25) is 5.17 Å². The molecule has 1 fully saturated rings. The Morgan fingerprint density at radius 1 is 1.05 bits per heavy atom. The Hall–Kier alpha value is -3.06. The number of thioether (sulfide) groups is 1. The number of hydrazone groups is 1. The minimum atomic E-state index is -0.443. The molecule has 2 heterocycles. The molecule has 2 aliphatic heterocycles. The Bertz CT molecular complexity index is 1370. The Kier molecular flexibility index (Phi) is 8.75. The summed E-state index contributed by atoms with van der Waals surface area (Å²) in [5, 5.41) is 16.3. The van der Waals surface area contributed by atoms with Gasteiger partial charge in [-0.15, -0.1) is 0 Å². The van der Waals surface area contributed by atoms with E-state index in [1.54, 1.807) is 26.4 Å². The number of carbonyl (C=O) groups excluding carboxylic acids is 1. The maximum absolute atomic E-state index is 12.9. The number of rotatable bonds is 9. The van der Waals surface area contributed by atoms with E-state index in [4.69, 9.17) is 24.4 Å². The second-order valence-corrected chi connectivity index (χ2v) is 11.3. The second kappa shape index (κ2) is 12.4. The molecular weight excluding hydrogens is 631 g/mol. The maximum atomic E-state index is 12.9. The van der Waals surface area contributed by atoms with E-state index in [1.165, 1.54) is 36.0 Å². The lowest BCUT2D eigenvalue weighted by atomic mass is 9.90. The largest absolute Gasteiger partial charge is 0.493 e. The molecule has 0 radical (unpaired) electrons. The number of nitrogens with one attached hydrogen (secondary N) is 1. The van der Waals surface area contributed by atoms with Crippen LogP contribution in [0.1, 0.15) is 37.7 Å². The van der Waals surface area contributed by atoms with E-state index in [9.17, 15) is 4.79 Å². The molecule has 5 rings (SSSR count). The highest BCUT2D eigenvalue weighted by molar-refractivity contribution is 14.1. The zero-order chi connectivity index (χ0) is 27.4. The molecule has 204 valence electrons. The van der Waals surface area contributed by atoms with Crippen LogP contribution in [0.2, 0.25) is 0 Å². The molecule has 1 saturated carbocycles. The first kappa shape index (κ1) is 27.5. The molecule has 9 nitrogen and oxygen atoms in total. The number of hydrogen-bond donors (Lipinski definition) is 1. The number of amides is 1. The van der Waals surface area contributed by atoms with Crippen LogP contribution in [-0.2, 0) is 4.79 Å². The summed E-state index contributed by atoms with van der Waals surface area (Å²) in [6.45, 7) is 0.605. The third-order valence-corrected chi connectivity index (χ3v) is 8.52. The van der Waals surface area contributed by atoms with Gasteiger partial charge < -0.3 is 18.9 Å². The van der Waals surface area contributed by atoms with Crippen LogP contribution in [0.25, 0.3) is 6.08 Å². The normalized spacial score (nSPS) is 18.5. The molecular formula is C28H29IN4O5S. The monoisotopic (exact) mass is 660 g/mol. The average Bonchev–Trinajstić information content (AvgIpc) is 3.39. The topological polar surface area (TPSA) is 106 Å². The molecule has 1 N–H and O–H groups in total. The Labute approximate surface area is 245 Å². The van der Waals surface area contributed by atoms with Crippen LogP contribution in [0.3, 0.4) is 0 Å². The summed E-state index contributed by atoms with van der Waals surface area (Å²) in [5.41, 5.74) is 0.883. The van der Waals surface area contributed by atoms with E-state index in [2.05, 4.69) is 32.7 Å². The minimum absolute atomic E-state index is 0.0334. The van der Waals surface area contributed by atoms with Crippen LogP contribution in [0.15, 0.2) is 52.1 Å². The summed E-state index contributed by atoms with van der Waals surface area (Å²) >= 11 is 3.59. The molecule has 11 heteroatoms. The van der Waals surface area contributed by atoms with E-state index in [-0.39, 0.29) is 11.4 Å². The Balaban J connectivity index is 1.29. The lowest BCUT2D eigenvalue weighted by Crippen LogP contribution is -2.35. The third kappa shape index (κ3) is 6.08. The highest BCUT2D eigenvalue weighted by atomic mass is 127. The van der Waals surface area contributed by atoms with E-state index in [0.717, 1.165) is 21.5 Å². The summed E-state index contributed by atoms with van der Waals surface area (Å²) in [4.78, 5) is 17.2. The van der Waals surface area contributed by atoms with Gasteiger partial charge in [-0.1, -0.05) is 31.4 Å². The molecule has 0 atom stereocenters. The molecule has 3 aliphatic rings. The fraction of sp³-hybridized carbons (Fsp3) is 0.357. The number of hydrogen-bond acceptors (Lipinski definition) is 8. The number of halogens is 1. The summed E-state index contributed by atoms with van der Waals surface area (Å²) in [6, 6.07) is 11.1. The third-order valence-electron chi connectivity index (χ3n) is 6.64. The first-order valence-electron chi connectivity index (χ1n) is 12.7. The SMILES string of the molecule is COc1ccccc1OCCOc1c(I)cc(/C=C2/C(=N)N3N=C(C4CCCCC4)SC3=NC2=O)cc1OC. The lowest BCUT2D eigenvalue weighted by molar-refractivity contribution is -0.114. The number of fused-ring (bicyclic) bond motifs is 1. The Morgan fingerprint density at radius 2 is 1.77 bits per heavy atom. The number of methoxy groups -OCH3 is 2. The number of ether oxygens (including phenoxy) is 4. The summed E-state index contributed by atoms with van der Waals surface area (Å²) in [7, 11) is 3.16. The predicted molar refractivity (Wildman–Crippen MR) is 161 cm³/mol. The Morgan fingerprint density at radius 3 is 2.51 bits per heavy atom. The average molecular weight is 661 g/mol. The molecule has 0 aromatic heterocycles. The van der Waals surface area contributed by atoms with Crippen LogP contribution in [0, 0.1) is 14.9 Å². The van der Waals surface area contributed by atoms with Gasteiger partial charge in [0.1, 0.15) is 18.3 Å². The van der Waals surface area contributed by atoms with Gasteiger partial charge in [-0.2, -0.15) is 15.1 Å². The van der Waals surface area contributed by atoms with Crippen molar-refractivity contribution in [3.05, 3.63) is 51.1 Å². The van der Waals surface area contributed by atoms with Gasteiger partial charge in [0.25, 0.3) is 5.91 Å². The number of carbonyl (C=O) groups is 1. The van der Waals surface area contributed by atoms with Crippen LogP contribution in [0.5, 0.6) is 23.0 Å². The van der Waals surface area contributed by atoms with Crippen LogP contribution in [0.4, 0.5) is 0 Å². The van der Waals surface area contributed by atoms with E-state index < -0.39 is 5.91 Å². The van der Waals surface area contributed by atoms with E-state index >= 15 is 0 Å². The lowest BCUT2D eigenvalue weighted by Gasteiger charge is -2.20. The molecule has 39 heavy (non-hydrogen) atoms. The number of amidine groups is 2. The fourth-order valence-corrected chi connectivity index (χ4v) is 6.52. The van der Waals surface area contributed by atoms with Crippen LogP contribution in [-0.4, -0.2) is 54.4 Å². The summed E-state index contributed by atoms with van der Waals surface area (Å²) in [5.74, 6) is 2.36. The van der Waals surface area contributed by atoms with Crippen LogP contribution < -0.4 is 18.9 Å². The maximum Gasteiger partial charge on any atom is 0.283 e. The molecule has 1 amide bonds. The van der Waals surface area contributed by atoms with Crippen molar-refractivity contribution in [3.63, 3.8) is 0 Å². The molecule has 0 spiro atoms. The molecule has 2 aromatic rings. The number of benzene rings is 2. The predicted octanol–water partition coefficient (Wildman–Crippen LogP) is 5.97. The van der Waals surface area contributed by atoms with Gasteiger partial charge in [0.05, 0.1) is 23.4 Å². The summed E-state index contributed by atoms with van der Waals surface area (Å²) < 4.78 is 23.5. The van der Waals surface area contributed by atoms with Gasteiger partial charge >= 0.3 is 0 Å².